The summed E-state index contributed by atoms with van der Waals surface area (Å²) < 4.78 is 29.9. The maximum absolute atomic E-state index is 13.2. The molecule has 0 radical (unpaired) electrons. The third-order valence-corrected chi connectivity index (χ3v) is 4.71. The predicted octanol–water partition coefficient (Wildman–Crippen LogP) is 3.75. The highest BCUT2D eigenvalue weighted by Crippen LogP contribution is 2.36. The van der Waals surface area contributed by atoms with E-state index in [0.29, 0.717) is 18.4 Å². The molecule has 4 nitrogen and oxygen atoms in total. The number of hydrogen-bond donors (Lipinski definition) is 1. The van der Waals surface area contributed by atoms with Gasteiger partial charge in [-0.2, -0.15) is 0 Å². The van der Waals surface area contributed by atoms with Crippen molar-refractivity contribution in [3.63, 3.8) is 0 Å². The number of benzene rings is 2. The number of nitrogens with one attached hydrogen (secondary N) is 1. The van der Waals surface area contributed by atoms with E-state index in [4.69, 9.17) is 14.2 Å². The van der Waals surface area contributed by atoms with Crippen LogP contribution in [0, 0.1) is 11.7 Å². The van der Waals surface area contributed by atoms with Gasteiger partial charge in [0.05, 0.1) is 6.61 Å². The fourth-order valence-corrected chi connectivity index (χ4v) is 3.42. The molecule has 2 aliphatic heterocycles. The van der Waals surface area contributed by atoms with Crippen LogP contribution in [0.4, 0.5) is 4.39 Å². The zero-order chi connectivity index (χ0) is 16.4. The molecule has 2 aromatic rings. The van der Waals surface area contributed by atoms with Gasteiger partial charge in [0.15, 0.2) is 11.5 Å². The van der Waals surface area contributed by atoms with Gasteiger partial charge in [-0.25, -0.2) is 4.39 Å². The largest absolute Gasteiger partial charge is 0.493 e. The molecule has 0 saturated carbocycles. The lowest BCUT2D eigenvalue weighted by Gasteiger charge is -2.32. The average Bonchev–Trinajstić information content (AvgIpc) is 3.09. The van der Waals surface area contributed by atoms with Gasteiger partial charge in [0.25, 0.3) is 0 Å². The van der Waals surface area contributed by atoms with Crippen molar-refractivity contribution >= 4 is 12.4 Å². The smallest absolute Gasteiger partial charge is 0.231 e. The van der Waals surface area contributed by atoms with Gasteiger partial charge in [0.1, 0.15) is 11.6 Å². The second kappa shape index (κ2) is 7.93. The van der Waals surface area contributed by atoms with Crippen molar-refractivity contribution in [1.29, 1.82) is 0 Å². The minimum absolute atomic E-state index is 0. The Bertz CT molecular complexity index is 710. The zero-order valence-corrected chi connectivity index (χ0v) is 14.6. The molecule has 2 heterocycles. The van der Waals surface area contributed by atoms with Crippen molar-refractivity contribution in [3.8, 4) is 17.2 Å². The fraction of sp³-hybridized carbons (Fsp3) is 0.368. The molecule has 0 aromatic heterocycles. The van der Waals surface area contributed by atoms with Crippen molar-refractivity contribution < 1.29 is 18.6 Å². The maximum atomic E-state index is 13.2. The van der Waals surface area contributed by atoms with E-state index in [9.17, 15) is 4.39 Å². The Morgan fingerprint density at radius 1 is 1.08 bits per heavy atom. The summed E-state index contributed by atoms with van der Waals surface area (Å²) in [6, 6.07) is 12.5. The molecule has 2 aliphatic rings. The zero-order valence-electron chi connectivity index (χ0n) is 13.7. The third kappa shape index (κ3) is 3.99. The monoisotopic (exact) mass is 365 g/mol. The fourth-order valence-electron chi connectivity index (χ4n) is 3.42. The van der Waals surface area contributed by atoms with E-state index in [1.165, 1.54) is 17.7 Å². The lowest BCUT2D eigenvalue weighted by atomic mass is 9.81. The van der Waals surface area contributed by atoms with Crippen molar-refractivity contribution in [1.82, 2.24) is 5.32 Å². The van der Waals surface area contributed by atoms with Gasteiger partial charge >= 0.3 is 0 Å². The quantitative estimate of drug-likeness (QED) is 0.895. The summed E-state index contributed by atoms with van der Waals surface area (Å²) in [6.45, 7) is 2.74. The maximum Gasteiger partial charge on any atom is 0.231 e. The minimum atomic E-state index is -0.194. The third-order valence-electron chi connectivity index (χ3n) is 4.71. The molecule has 1 saturated heterocycles. The van der Waals surface area contributed by atoms with Gasteiger partial charge in [-0.3, -0.25) is 0 Å². The van der Waals surface area contributed by atoms with Gasteiger partial charge < -0.3 is 19.5 Å². The average molecular weight is 366 g/mol. The standard InChI is InChI=1S/C19H20FNO3.ClH/c20-15-3-1-13(2-4-15)17-7-8-21-10-14(17)11-22-16-5-6-18-19(9-16)24-12-23-18;/h1-6,9,14,17,21H,7-8,10-12H2;1H/t14-,17+;/m0./s1. The first kappa shape index (κ1) is 17.8. The summed E-state index contributed by atoms with van der Waals surface area (Å²) in [5.74, 6) is 2.79. The van der Waals surface area contributed by atoms with Gasteiger partial charge in [-0.1, -0.05) is 12.1 Å². The van der Waals surface area contributed by atoms with E-state index in [1.54, 1.807) is 0 Å². The van der Waals surface area contributed by atoms with E-state index in [1.807, 2.05) is 30.3 Å². The van der Waals surface area contributed by atoms with Gasteiger partial charge in [0, 0.05) is 18.5 Å². The van der Waals surface area contributed by atoms with E-state index < -0.39 is 0 Å². The second-order valence-electron chi connectivity index (χ2n) is 6.24. The summed E-state index contributed by atoms with van der Waals surface area (Å²) in [7, 11) is 0. The number of fused-ring (bicyclic) bond motifs is 1. The Morgan fingerprint density at radius 2 is 1.88 bits per heavy atom. The van der Waals surface area contributed by atoms with Crippen molar-refractivity contribution in [2.24, 2.45) is 5.92 Å². The first-order valence-corrected chi connectivity index (χ1v) is 8.28. The van der Waals surface area contributed by atoms with Crippen LogP contribution >= 0.6 is 12.4 Å². The van der Waals surface area contributed by atoms with E-state index >= 15 is 0 Å². The Hall–Kier alpha value is -1.98. The van der Waals surface area contributed by atoms with E-state index in [2.05, 4.69) is 5.32 Å². The number of ether oxygens (including phenoxy) is 3. The highest BCUT2D eigenvalue weighted by Gasteiger charge is 2.27. The Kier molecular flexibility index (Phi) is 5.66. The second-order valence-corrected chi connectivity index (χ2v) is 6.24. The summed E-state index contributed by atoms with van der Waals surface area (Å²) in [4.78, 5) is 0. The Labute approximate surface area is 152 Å². The molecule has 1 N–H and O–H groups in total. The number of hydrogen-bond acceptors (Lipinski definition) is 4. The molecule has 0 amide bonds. The normalized spacial score (nSPS) is 21.5. The molecular weight excluding hydrogens is 345 g/mol. The molecule has 134 valence electrons. The molecule has 2 atom stereocenters. The minimum Gasteiger partial charge on any atom is -0.493 e. The number of piperidine rings is 1. The lowest BCUT2D eigenvalue weighted by Crippen LogP contribution is -2.38. The van der Waals surface area contributed by atoms with Crippen molar-refractivity contribution in [2.75, 3.05) is 26.5 Å². The van der Waals surface area contributed by atoms with E-state index in [-0.39, 0.29) is 25.0 Å². The van der Waals surface area contributed by atoms with Crippen molar-refractivity contribution in [3.05, 3.63) is 53.8 Å². The molecule has 6 heteroatoms. The van der Waals surface area contributed by atoms with Crippen LogP contribution in [0.1, 0.15) is 17.9 Å². The molecule has 0 aliphatic carbocycles. The Balaban J connectivity index is 0.00000182. The highest BCUT2D eigenvalue weighted by molar-refractivity contribution is 5.85. The first-order chi connectivity index (χ1) is 11.8. The highest BCUT2D eigenvalue weighted by atomic mass is 35.5. The van der Waals surface area contributed by atoms with Crippen molar-refractivity contribution in [2.45, 2.75) is 12.3 Å². The van der Waals surface area contributed by atoms with Crippen LogP contribution in [0.5, 0.6) is 17.2 Å². The molecule has 0 unspecified atom stereocenters. The summed E-state index contributed by atoms with van der Waals surface area (Å²) in [5, 5.41) is 3.43. The molecule has 0 spiro atoms. The lowest BCUT2D eigenvalue weighted by molar-refractivity contribution is 0.173. The molecule has 25 heavy (non-hydrogen) atoms. The van der Waals surface area contributed by atoms with Crippen LogP contribution in [-0.2, 0) is 0 Å². The van der Waals surface area contributed by atoms with Gasteiger partial charge in [-0.05, 0) is 48.7 Å². The SMILES string of the molecule is Cl.Fc1ccc([C@H]2CCNC[C@H]2COc2ccc3c(c2)OCO3)cc1. The van der Waals surface area contributed by atoms with Crippen LogP contribution < -0.4 is 19.5 Å². The first-order valence-electron chi connectivity index (χ1n) is 8.28. The Morgan fingerprint density at radius 3 is 2.72 bits per heavy atom. The predicted molar refractivity (Wildman–Crippen MR) is 95.4 cm³/mol. The van der Waals surface area contributed by atoms with Crippen LogP contribution in [0.3, 0.4) is 0 Å². The van der Waals surface area contributed by atoms with E-state index in [0.717, 1.165) is 36.8 Å². The van der Waals surface area contributed by atoms with Crippen LogP contribution in [0.15, 0.2) is 42.5 Å². The number of rotatable bonds is 4. The summed E-state index contributed by atoms with van der Waals surface area (Å²) >= 11 is 0. The molecule has 2 aromatic carbocycles. The van der Waals surface area contributed by atoms with Crippen LogP contribution in [-0.4, -0.2) is 26.5 Å². The molecule has 0 bridgehead atoms. The van der Waals surface area contributed by atoms with Gasteiger partial charge in [0.2, 0.25) is 6.79 Å². The topological polar surface area (TPSA) is 39.7 Å². The number of halogens is 2. The summed E-state index contributed by atoms with van der Waals surface area (Å²) in [6.07, 6.45) is 1.03. The molecule has 4 rings (SSSR count). The summed E-state index contributed by atoms with van der Waals surface area (Å²) in [5.41, 5.74) is 1.18. The van der Waals surface area contributed by atoms with Crippen LogP contribution in [0.25, 0.3) is 0 Å². The van der Waals surface area contributed by atoms with Gasteiger partial charge in [-0.15, -0.1) is 12.4 Å². The molecule has 1 fully saturated rings. The molecular formula is C19H21ClFNO3. The van der Waals surface area contributed by atoms with Crippen LogP contribution in [0.2, 0.25) is 0 Å².